The maximum absolute atomic E-state index is 13.6. The van der Waals surface area contributed by atoms with Crippen LogP contribution < -0.4 is 4.72 Å². The van der Waals surface area contributed by atoms with Crippen LogP contribution in [0.5, 0.6) is 0 Å². The Labute approximate surface area is 132 Å². The number of halogens is 5. The summed E-state index contributed by atoms with van der Waals surface area (Å²) in [5.74, 6) is -1.11. The lowest BCUT2D eigenvalue weighted by molar-refractivity contribution is -0.137. The fourth-order valence-corrected chi connectivity index (χ4v) is 3.27. The zero-order chi connectivity index (χ0) is 16.5. The van der Waals surface area contributed by atoms with E-state index in [4.69, 9.17) is 0 Å². The van der Waals surface area contributed by atoms with Crippen LogP contribution in [0.25, 0.3) is 0 Å². The molecular formula is C13H8BrF4NO2S. The predicted molar refractivity (Wildman–Crippen MR) is 76.4 cm³/mol. The molecule has 0 aliphatic carbocycles. The molecule has 2 rings (SSSR count). The number of alkyl halides is 3. The van der Waals surface area contributed by atoms with Gasteiger partial charge in [-0.1, -0.05) is 22.0 Å². The van der Waals surface area contributed by atoms with Gasteiger partial charge in [-0.05, 0) is 36.4 Å². The van der Waals surface area contributed by atoms with E-state index in [2.05, 4.69) is 15.9 Å². The summed E-state index contributed by atoms with van der Waals surface area (Å²) in [6.07, 6.45) is -4.70. The second-order valence-corrected chi connectivity index (χ2v) is 6.85. The van der Waals surface area contributed by atoms with E-state index in [1.165, 1.54) is 18.2 Å². The Kier molecular flexibility index (Phi) is 4.48. The van der Waals surface area contributed by atoms with E-state index < -0.39 is 33.3 Å². The number of anilines is 1. The Morgan fingerprint density at radius 3 is 2.32 bits per heavy atom. The van der Waals surface area contributed by atoms with E-state index in [-0.39, 0.29) is 4.90 Å². The van der Waals surface area contributed by atoms with Gasteiger partial charge in [-0.2, -0.15) is 13.2 Å². The molecule has 118 valence electrons. The number of benzene rings is 2. The van der Waals surface area contributed by atoms with Crippen LogP contribution in [-0.2, 0) is 16.2 Å². The SMILES string of the molecule is O=S(=O)(Nc1cc(C(F)(F)F)ccc1F)c1cccc(Br)c1. The van der Waals surface area contributed by atoms with Gasteiger partial charge in [-0.25, -0.2) is 12.8 Å². The van der Waals surface area contributed by atoms with E-state index >= 15 is 0 Å². The van der Waals surface area contributed by atoms with Crippen molar-refractivity contribution < 1.29 is 26.0 Å². The molecule has 22 heavy (non-hydrogen) atoms. The van der Waals surface area contributed by atoms with Gasteiger partial charge >= 0.3 is 6.18 Å². The predicted octanol–water partition coefficient (Wildman–Crippen LogP) is 4.41. The molecule has 0 amide bonds. The number of nitrogens with one attached hydrogen (secondary N) is 1. The molecule has 0 saturated carbocycles. The maximum atomic E-state index is 13.6. The summed E-state index contributed by atoms with van der Waals surface area (Å²) in [6, 6.07) is 6.98. The molecule has 0 fully saturated rings. The average Bonchev–Trinajstić information content (AvgIpc) is 2.40. The van der Waals surface area contributed by atoms with Crippen molar-refractivity contribution in [2.45, 2.75) is 11.1 Å². The van der Waals surface area contributed by atoms with Crippen LogP contribution in [0.15, 0.2) is 51.8 Å². The highest BCUT2D eigenvalue weighted by Gasteiger charge is 2.31. The zero-order valence-electron chi connectivity index (χ0n) is 10.7. The Morgan fingerprint density at radius 1 is 1.05 bits per heavy atom. The molecule has 0 aromatic heterocycles. The van der Waals surface area contributed by atoms with Crippen LogP contribution in [0.4, 0.5) is 23.2 Å². The van der Waals surface area contributed by atoms with Gasteiger partial charge in [0, 0.05) is 4.47 Å². The Hall–Kier alpha value is -1.61. The van der Waals surface area contributed by atoms with E-state index in [1.807, 2.05) is 4.72 Å². The Morgan fingerprint density at radius 2 is 1.73 bits per heavy atom. The highest BCUT2D eigenvalue weighted by atomic mass is 79.9. The standard InChI is InChI=1S/C13H8BrF4NO2S/c14-9-2-1-3-10(7-9)22(20,21)19-12-6-8(13(16,17)18)4-5-11(12)15/h1-7,19H. The number of sulfonamides is 1. The molecule has 0 radical (unpaired) electrons. The molecule has 0 unspecified atom stereocenters. The van der Waals surface area contributed by atoms with Gasteiger partial charge in [-0.3, -0.25) is 4.72 Å². The lowest BCUT2D eigenvalue weighted by atomic mass is 10.2. The van der Waals surface area contributed by atoms with E-state index in [1.54, 1.807) is 6.07 Å². The summed E-state index contributed by atoms with van der Waals surface area (Å²) in [5.41, 5.74) is -1.92. The van der Waals surface area contributed by atoms with Gasteiger partial charge in [0.25, 0.3) is 10.0 Å². The van der Waals surface area contributed by atoms with Crippen molar-refractivity contribution in [1.29, 1.82) is 0 Å². The van der Waals surface area contributed by atoms with Crippen molar-refractivity contribution in [2.75, 3.05) is 4.72 Å². The minimum absolute atomic E-state index is 0.210. The summed E-state index contributed by atoms with van der Waals surface area (Å²) < 4.78 is 77.8. The van der Waals surface area contributed by atoms with Crippen LogP contribution in [0, 0.1) is 5.82 Å². The van der Waals surface area contributed by atoms with Crippen LogP contribution in [0.1, 0.15) is 5.56 Å². The van der Waals surface area contributed by atoms with Crippen molar-refractivity contribution in [1.82, 2.24) is 0 Å². The topological polar surface area (TPSA) is 46.2 Å². The van der Waals surface area contributed by atoms with Crippen molar-refractivity contribution in [3.8, 4) is 0 Å². The Balaban J connectivity index is 2.42. The fraction of sp³-hybridized carbons (Fsp3) is 0.0769. The molecule has 0 aliphatic heterocycles. The normalized spacial score (nSPS) is 12.2. The highest BCUT2D eigenvalue weighted by molar-refractivity contribution is 9.10. The third-order valence-electron chi connectivity index (χ3n) is 2.64. The number of hydrogen-bond acceptors (Lipinski definition) is 2. The largest absolute Gasteiger partial charge is 0.416 e. The third-order valence-corrected chi connectivity index (χ3v) is 4.50. The van der Waals surface area contributed by atoms with Gasteiger partial charge in [0.1, 0.15) is 5.82 Å². The van der Waals surface area contributed by atoms with Crippen LogP contribution >= 0.6 is 15.9 Å². The fourth-order valence-electron chi connectivity index (χ4n) is 1.62. The zero-order valence-corrected chi connectivity index (χ0v) is 13.1. The molecule has 0 aliphatic rings. The minimum atomic E-state index is -4.70. The van der Waals surface area contributed by atoms with Gasteiger partial charge in [0.15, 0.2) is 0 Å². The first-order valence-electron chi connectivity index (χ1n) is 5.75. The van der Waals surface area contributed by atoms with Gasteiger partial charge < -0.3 is 0 Å². The monoisotopic (exact) mass is 397 g/mol. The molecule has 1 N–H and O–H groups in total. The van der Waals surface area contributed by atoms with Crippen LogP contribution in [0.2, 0.25) is 0 Å². The summed E-state index contributed by atoms with van der Waals surface area (Å²) in [6.45, 7) is 0. The first-order valence-corrected chi connectivity index (χ1v) is 8.02. The molecule has 0 saturated heterocycles. The molecular weight excluding hydrogens is 390 g/mol. The van der Waals surface area contributed by atoms with Crippen molar-refractivity contribution >= 4 is 31.6 Å². The maximum Gasteiger partial charge on any atom is 0.416 e. The van der Waals surface area contributed by atoms with Gasteiger partial charge in [-0.15, -0.1) is 0 Å². The third kappa shape index (κ3) is 3.77. The van der Waals surface area contributed by atoms with Crippen molar-refractivity contribution in [3.05, 3.63) is 58.3 Å². The van der Waals surface area contributed by atoms with Crippen LogP contribution in [0.3, 0.4) is 0 Å². The smallest absolute Gasteiger partial charge is 0.277 e. The first-order chi connectivity index (χ1) is 10.1. The lowest BCUT2D eigenvalue weighted by Crippen LogP contribution is -2.15. The first kappa shape index (κ1) is 16.8. The minimum Gasteiger partial charge on any atom is -0.277 e. The molecule has 9 heteroatoms. The van der Waals surface area contributed by atoms with Crippen molar-refractivity contribution in [2.24, 2.45) is 0 Å². The van der Waals surface area contributed by atoms with Gasteiger partial charge in [0.2, 0.25) is 0 Å². The number of rotatable bonds is 3. The molecule has 2 aromatic rings. The molecule has 3 nitrogen and oxygen atoms in total. The second-order valence-electron chi connectivity index (χ2n) is 4.26. The molecule has 0 atom stereocenters. The van der Waals surface area contributed by atoms with E-state index in [9.17, 15) is 26.0 Å². The molecule has 0 bridgehead atoms. The lowest BCUT2D eigenvalue weighted by Gasteiger charge is -2.12. The number of hydrogen-bond donors (Lipinski definition) is 1. The second kappa shape index (κ2) is 5.88. The average molecular weight is 398 g/mol. The van der Waals surface area contributed by atoms with E-state index in [0.29, 0.717) is 22.7 Å². The summed E-state index contributed by atoms with van der Waals surface area (Å²) in [4.78, 5) is -0.210. The molecule has 0 spiro atoms. The summed E-state index contributed by atoms with van der Waals surface area (Å²) in [5, 5.41) is 0. The van der Waals surface area contributed by atoms with E-state index in [0.717, 1.165) is 0 Å². The molecule has 2 aromatic carbocycles. The highest BCUT2D eigenvalue weighted by Crippen LogP contribution is 2.32. The van der Waals surface area contributed by atoms with Crippen molar-refractivity contribution in [3.63, 3.8) is 0 Å². The van der Waals surface area contributed by atoms with Crippen LogP contribution in [-0.4, -0.2) is 8.42 Å². The summed E-state index contributed by atoms with van der Waals surface area (Å²) in [7, 11) is -4.21. The molecule has 0 heterocycles. The quantitative estimate of drug-likeness (QED) is 0.779. The summed E-state index contributed by atoms with van der Waals surface area (Å²) >= 11 is 3.08. The Bertz CT molecular complexity index is 806. The van der Waals surface area contributed by atoms with Gasteiger partial charge in [0.05, 0.1) is 16.1 Å².